The quantitative estimate of drug-likeness (QED) is 0.0170. The molecule has 133 heavy (non-hydrogen) atoms. The number of amides is 2. The lowest BCUT2D eigenvalue weighted by atomic mass is 9.86. The number of hydrogen-bond acceptors (Lipinski definition) is 21. The first kappa shape index (κ1) is 101. The molecule has 0 spiro atoms. The van der Waals surface area contributed by atoms with Gasteiger partial charge in [-0.05, 0) is 207 Å². The normalized spacial score (nSPS) is 11.9. The first-order valence-electron chi connectivity index (χ1n) is 39.8. The van der Waals surface area contributed by atoms with E-state index in [9.17, 15) is 66.0 Å². The number of aromatic carboxylic acids is 3. The van der Waals surface area contributed by atoms with Gasteiger partial charge in [-0.25, -0.2) is 38.4 Å². The van der Waals surface area contributed by atoms with Gasteiger partial charge in [-0.1, -0.05) is 162 Å². The zero-order valence-electron chi connectivity index (χ0n) is 72.9. The smallest absolute Gasteiger partial charge is 0.416 e. The number of aryl methyl sites for hydroxylation is 2. The summed E-state index contributed by atoms with van der Waals surface area (Å²) in [5.41, 5.74) is 21.3. The average Bonchev–Trinajstić information content (AvgIpc) is 1.64. The molecule has 688 valence electrons. The first-order valence-corrected chi connectivity index (χ1v) is 44.6. The number of carboxylic acids is 3. The van der Waals surface area contributed by atoms with Crippen LogP contribution in [0.25, 0.3) is 43.4 Å². The van der Waals surface area contributed by atoms with Crippen molar-refractivity contribution in [2.75, 3.05) is 17.7 Å². The summed E-state index contributed by atoms with van der Waals surface area (Å²) in [4.78, 5) is 59.1. The zero-order chi connectivity index (χ0) is 97.3. The minimum atomic E-state index is -4.43. The van der Waals surface area contributed by atoms with Gasteiger partial charge in [0.2, 0.25) is 10.0 Å². The molecule has 0 aliphatic carbocycles. The van der Waals surface area contributed by atoms with Crippen LogP contribution >= 0.6 is 70.3 Å². The summed E-state index contributed by atoms with van der Waals surface area (Å²) in [6.45, 7) is 17.8. The van der Waals surface area contributed by atoms with E-state index in [1.165, 1.54) is 126 Å². The summed E-state index contributed by atoms with van der Waals surface area (Å²) in [7, 11) is 1.19. The molecule has 13 rings (SSSR count). The SMILES string of the molecule is C/C(=N\NC(=S)Nc1ccc(C(=O)O)cc1)c1csc(-c2ccc(C(F)(F)F)cc2)c1O.C/C(=N\NC(=S)Nc1ccc(C(=O)O)cc1)c1csc(-c2ccc(Cl)c(Cl)c2)c1O.CNS(=O)(=O)c1ccc(C(=O)N/N=C(\C)c2nn(C)c(-c3ccc(C(C)(C)C)cc3)c2O)cc1.Cn1nc(/C(=N/NC(=O)c2ccc(C(=O)O)cc2)c2ccccc2)c(O)c1-c1ccc(C(C)(C)C)cc1. The molecule has 13 aromatic rings. The van der Waals surface area contributed by atoms with Crippen molar-refractivity contribution in [3.63, 3.8) is 0 Å². The third kappa shape index (κ3) is 26.1. The topological polar surface area (TPSA) is 430 Å². The largest absolute Gasteiger partial charge is 0.506 e. The molecule has 0 aliphatic heterocycles. The number of aromatic hydroxyl groups is 4. The molecule has 0 radical (unpaired) electrons. The molecular formula is C94H88Cl2F3N15O14S5. The van der Waals surface area contributed by atoms with Crippen molar-refractivity contribution in [2.24, 2.45) is 34.5 Å². The summed E-state index contributed by atoms with van der Waals surface area (Å²) >= 11 is 24.9. The minimum absolute atomic E-state index is 0.00250. The van der Waals surface area contributed by atoms with E-state index >= 15 is 0 Å². The number of halogens is 5. The molecule has 0 atom stereocenters. The van der Waals surface area contributed by atoms with Crippen molar-refractivity contribution in [3.8, 4) is 66.4 Å². The molecule has 0 unspecified atom stereocenters. The summed E-state index contributed by atoms with van der Waals surface area (Å²) in [5, 5.41) is 106. The zero-order valence-corrected chi connectivity index (χ0v) is 78.5. The average molecular weight is 1940 g/mol. The number of benzene rings is 9. The Labute approximate surface area is 790 Å². The maximum Gasteiger partial charge on any atom is 0.416 e. The predicted molar refractivity (Wildman–Crippen MR) is 521 cm³/mol. The maximum absolute atomic E-state index is 12.7. The number of carbonyl (C=O) groups excluding carboxylic acids is 2. The Hall–Kier alpha value is -14.3. The molecule has 2 amide bonds. The van der Waals surface area contributed by atoms with Crippen molar-refractivity contribution in [3.05, 3.63) is 312 Å². The molecular weight excluding hydrogens is 1850 g/mol. The van der Waals surface area contributed by atoms with Gasteiger partial charge >= 0.3 is 24.1 Å². The number of alkyl halides is 3. The molecule has 0 saturated heterocycles. The third-order valence-electron chi connectivity index (χ3n) is 19.8. The van der Waals surface area contributed by atoms with Gasteiger partial charge in [0.05, 0.1) is 75.2 Å². The second-order valence-electron chi connectivity index (χ2n) is 31.2. The lowest BCUT2D eigenvalue weighted by Crippen LogP contribution is -2.24. The Morgan fingerprint density at radius 2 is 0.789 bits per heavy atom. The van der Waals surface area contributed by atoms with Gasteiger partial charge in [-0.3, -0.25) is 29.8 Å². The molecule has 9 aromatic carbocycles. The van der Waals surface area contributed by atoms with E-state index in [-0.39, 0.29) is 93.9 Å². The number of nitrogens with one attached hydrogen (secondary N) is 7. The third-order valence-corrected chi connectivity index (χ3v) is 24.4. The highest BCUT2D eigenvalue weighted by molar-refractivity contribution is 7.89. The number of rotatable bonds is 22. The van der Waals surface area contributed by atoms with Crippen molar-refractivity contribution in [1.29, 1.82) is 0 Å². The van der Waals surface area contributed by atoms with Crippen LogP contribution in [0.5, 0.6) is 23.0 Å². The van der Waals surface area contributed by atoms with Gasteiger partial charge in [0.1, 0.15) is 28.6 Å². The second-order valence-corrected chi connectivity index (χ2v) is 36.4. The van der Waals surface area contributed by atoms with Crippen molar-refractivity contribution in [1.82, 2.24) is 46.0 Å². The standard InChI is InChI=1S/C29H28N4O4.C24H29N5O4S.C21H16F3N3O3S2.C20H15Cl2N3O3S2/c1-29(2,3)22-16-14-19(15-17-22)25-26(34)24(32-33(25)4)23(18-8-6-5-7-9-18)30-31-27(35)20-10-12-21(13-11-20)28(36)37;1-15(26-27-23(31)17-9-13-19(14-10-17)34(32,33)25-5)20-22(30)21(29(6)28-20)16-7-11-18(12-8-16)24(2,3)4;1-11(26-27-20(31)25-15-8-4-13(5-9-15)19(29)30)16-10-32-18(17(16)28)12-2-6-14(7-3-12)21(22,23)24;1-10(24-25-20(29)23-13-5-2-11(3-6-13)19(27)28)14-9-30-18(17(14)26)12-4-7-15(21)16(22)8-12/h5-17,34H,1-4H3,(H,31,35)(H,36,37);7-14,25,30H,1-6H3,(H,27,31);2-10,28H,1H3,(H,29,30)(H2,25,27,31);2-9,26H,1H3,(H,27,28)(H2,23,25,29)/b30-23+;26-15+;26-11+;24-10+. The van der Waals surface area contributed by atoms with Gasteiger partial charge in [0.15, 0.2) is 33.1 Å². The van der Waals surface area contributed by atoms with E-state index in [0.717, 1.165) is 28.8 Å². The molecule has 0 bridgehead atoms. The highest BCUT2D eigenvalue weighted by Crippen LogP contribution is 2.43. The van der Waals surface area contributed by atoms with Gasteiger partial charge in [-0.15, -0.1) is 22.7 Å². The number of carbonyl (C=O) groups is 5. The van der Waals surface area contributed by atoms with Crippen LogP contribution in [0.4, 0.5) is 24.5 Å². The van der Waals surface area contributed by atoms with Gasteiger partial charge < -0.3 is 46.4 Å². The number of anilines is 2. The minimum Gasteiger partial charge on any atom is -0.506 e. The van der Waals surface area contributed by atoms with Crippen molar-refractivity contribution < 1.29 is 81.3 Å². The van der Waals surface area contributed by atoms with Crippen LogP contribution in [0.3, 0.4) is 0 Å². The van der Waals surface area contributed by atoms with Crippen molar-refractivity contribution in [2.45, 2.75) is 84.2 Å². The summed E-state index contributed by atoms with van der Waals surface area (Å²) in [6.07, 6.45) is -4.43. The molecule has 4 heterocycles. The molecule has 0 aliphatic rings. The van der Waals surface area contributed by atoms with E-state index in [4.69, 9.17) is 63.0 Å². The number of carboxylic acid groups (broad SMARTS) is 3. The summed E-state index contributed by atoms with van der Waals surface area (Å²) in [6, 6.07) is 57.7. The number of sulfonamides is 1. The van der Waals surface area contributed by atoms with Crippen LogP contribution < -0.4 is 37.1 Å². The van der Waals surface area contributed by atoms with Gasteiger partial charge in [0, 0.05) is 64.0 Å². The Bertz CT molecular complexity index is 6740. The van der Waals surface area contributed by atoms with E-state index < -0.39 is 51.5 Å². The highest BCUT2D eigenvalue weighted by Gasteiger charge is 2.31. The number of hydrogen-bond donors (Lipinski definition) is 14. The number of aromatic nitrogens is 4. The lowest BCUT2D eigenvalue weighted by Gasteiger charge is -2.19. The number of nitrogens with zero attached hydrogens (tertiary/aromatic N) is 8. The summed E-state index contributed by atoms with van der Waals surface area (Å²) < 4.78 is 67.2. The van der Waals surface area contributed by atoms with Crippen LogP contribution in [0, 0.1) is 0 Å². The van der Waals surface area contributed by atoms with Crippen LogP contribution in [0.2, 0.25) is 10.0 Å². The monoisotopic (exact) mass is 1940 g/mol. The Kier molecular flexibility index (Phi) is 33.1. The fourth-order valence-corrected chi connectivity index (χ4v) is 15.8. The fraction of sp³-hybridized carbons (Fsp3) is 0.160. The maximum atomic E-state index is 12.7. The number of hydrazone groups is 4. The lowest BCUT2D eigenvalue weighted by molar-refractivity contribution is -0.137. The van der Waals surface area contributed by atoms with Crippen molar-refractivity contribution >= 4 is 155 Å². The summed E-state index contributed by atoms with van der Waals surface area (Å²) in [5.74, 6) is -4.28. The number of thiophene rings is 2. The molecule has 4 aromatic heterocycles. The fourth-order valence-electron chi connectivity index (χ4n) is 12.4. The van der Waals surface area contributed by atoms with Crippen LogP contribution in [0.1, 0.15) is 159 Å². The molecule has 0 saturated carbocycles. The molecule has 29 nitrogen and oxygen atoms in total. The van der Waals surface area contributed by atoms with Crippen LogP contribution in [0.15, 0.2) is 254 Å². The van der Waals surface area contributed by atoms with E-state index in [1.54, 1.807) is 110 Å². The molecule has 0 fully saturated rings. The van der Waals surface area contributed by atoms with E-state index in [1.807, 2.05) is 66.7 Å². The molecule has 39 heteroatoms. The second kappa shape index (κ2) is 43.6. The van der Waals surface area contributed by atoms with Crippen LogP contribution in [-0.4, -0.2) is 134 Å². The first-order chi connectivity index (χ1) is 62.7. The van der Waals surface area contributed by atoms with E-state index in [2.05, 4.69) is 109 Å². The molecule has 14 N–H and O–H groups in total. The van der Waals surface area contributed by atoms with Crippen LogP contribution in [-0.2, 0) is 41.1 Å². The van der Waals surface area contributed by atoms with Gasteiger partial charge in [-0.2, -0.15) is 43.8 Å². The van der Waals surface area contributed by atoms with E-state index in [0.29, 0.717) is 82.0 Å². The Morgan fingerprint density at radius 3 is 1.20 bits per heavy atom. The number of thiocarbonyl (C=S) groups is 2. The Morgan fingerprint density at radius 1 is 0.429 bits per heavy atom. The Balaban J connectivity index is 0.000000184. The highest BCUT2D eigenvalue weighted by atomic mass is 35.5. The van der Waals surface area contributed by atoms with Gasteiger partial charge in [0.25, 0.3) is 11.8 Å². The predicted octanol–water partition coefficient (Wildman–Crippen LogP) is 19.5.